The zero-order chi connectivity index (χ0) is 14.5. The Hall–Kier alpha value is -0.570. The number of hydrogen-bond acceptors (Lipinski definition) is 2. The molecule has 112 valence electrons. The number of carbonyl (C=O) groups excluding carboxylic acids is 1. The predicted octanol–water partition coefficient (Wildman–Crippen LogP) is 3.04. The van der Waals surface area contributed by atoms with Gasteiger partial charge in [0.2, 0.25) is 5.91 Å². The van der Waals surface area contributed by atoms with E-state index in [0.29, 0.717) is 12.5 Å². The fraction of sp³-hybridized carbons (Fsp3) is 0.938. The lowest BCUT2D eigenvalue weighted by Crippen LogP contribution is -2.48. The molecule has 1 saturated heterocycles. The summed E-state index contributed by atoms with van der Waals surface area (Å²) < 4.78 is 0. The van der Waals surface area contributed by atoms with Gasteiger partial charge in [-0.3, -0.25) is 4.79 Å². The van der Waals surface area contributed by atoms with Crippen molar-refractivity contribution in [2.24, 2.45) is 23.0 Å². The van der Waals surface area contributed by atoms with Crippen LogP contribution in [0.25, 0.3) is 0 Å². The smallest absolute Gasteiger partial charge is 0.230 e. The molecule has 2 N–H and O–H groups in total. The van der Waals surface area contributed by atoms with E-state index in [2.05, 4.69) is 32.6 Å². The highest BCUT2D eigenvalue weighted by Crippen LogP contribution is 2.31. The molecule has 0 aromatic heterocycles. The molecule has 3 heteroatoms. The molecule has 0 spiro atoms. The molecule has 1 aliphatic heterocycles. The number of nitrogens with two attached hydrogens (primary N) is 1. The van der Waals surface area contributed by atoms with Crippen LogP contribution < -0.4 is 5.73 Å². The Kier molecular flexibility index (Phi) is 6.31. The molecule has 0 saturated carbocycles. The number of rotatable bonds is 5. The summed E-state index contributed by atoms with van der Waals surface area (Å²) in [6.45, 7) is 11.1. The number of amides is 1. The van der Waals surface area contributed by atoms with Crippen LogP contribution in [0.3, 0.4) is 0 Å². The van der Waals surface area contributed by atoms with E-state index >= 15 is 0 Å². The summed E-state index contributed by atoms with van der Waals surface area (Å²) in [4.78, 5) is 14.9. The van der Waals surface area contributed by atoms with Crippen molar-refractivity contribution >= 4 is 5.91 Å². The third kappa shape index (κ3) is 3.71. The van der Waals surface area contributed by atoms with Gasteiger partial charge in [-0.1, -0.05) is 27.7 Å². The Balaban J connectivity index is 2.72. The van der Waals surface area contributed by atoms with Gasteiger partial charge in [0, 0.05) is 19.6 Å². The fourth-order valence-corrected chi connectivity index (χ4v) is 3.26. The molecule has 19 heavy (non-hydrogen) atoms. The highest BCUT2D eigenvalue weighted by atomic mass is 16.2. The van der Waals surface area contributed by atoms with Crippen LogP contribution >= 0.6 is 0 Å². The number of hydrogen-bond donors (Lipinski definition) is 1. The number of likely N-dealkylation sites (tertiary alicyclic amines) is 1. The van der Waals surface area contributed by atoms with Crippen molar-refractivity contribution in [3.8, 4) is 0 Å². The van der Waals surface area contributed by atoms with Crippen molar-refractivity contribution in [3.05, 3.63) is 0 Å². The summed E-state index contributed by atoms with van der Waals surface area (Å²) in [5, 5.41) is 0. The summed E-state index contributed by atoms with van der Waals surface area (Å²) in [7, 11) is 0. The van der Waals surface area contributed by atoms with Gasteiger partial charge in [0.15, 0.2) is 0 Å². The van der Waals surface area contributed by atoms with Gasteiger partial charge in [0.1, 0.15) is 0 Å². The second-order valence-corrected chi connectivity index (χ2v) is 6.42. The van der Waals surface area contributed by atoms with E-state index in [1.165, 1.54) is 6.42 Å². The maximum Gasteiger partial charge on any atom is 0.230 e. The largest absolute Gasteiger partial charge is 0.342 e. The SMILES string of the molecule is CCC(CC)(CN)C(=O)N1CCCC(C(C)C)CC1. The molecule has 1 atom stereocenters. The van der Waals surface area contributed by atoms with Crippen molar-refractivity contribution in [2.45, 2.75) is 59.8 Å². The summed E-state index contributed by atoms with van der Waals surface area (Å²) >= 11 is 0. The molecule has 1 rings (SSSR count). The number of carbonyl (C=O) groups is 1. The second kappa shape index (κ2) is 7.28. The Morgan fingerprint density at radius 2 is 1.89 bits per heavy atom. The van der Waals surface area contributed by atoms with Crippen LogP contribution in [0.1, 0.15) is 59.8 Å². The van der Waals surface area contributed by atoms with Gasteiger partial charge in [-0.15, -0.1) is 0 Å². The van der Waals surface area contributed by atoms with Crippen molar-refractivity contribution in [1.29, 1.82) is 0 Å². The van der Waals surface area contributed by atoms with E-state index in [4.69, 9.17) is 5.73 Å². The van der Waals surface area contributed by atoms with E-state index in [1.807, 2.05) is 0 Å². The first-order chi connectivity index (χ1) is 9.00. The van der Waals surface area contributed by atoms with Crippen molar-refractivity contribution in [1.82, 2.24) is 4.90 Å². The second-order valence-electron chi connectivity index (χ2n) is 6.42. The first kappa shape index (κ1) is 16.5. The third-order valence-corrected chi connectivity index (χ3v) is 5.20. The minimum atomic E-state index is -0.322. The minimum absolute atomic E-state index is 0.296. The lowest BCUT2D eigenvalue weighted by atomic mass is 9.81. The van der Waals surface area contributed by atoms with E-state index < -0.39 is 0 Å². The average Bonchev–Trinajstić information content (AvgIpc) is 2.67. The summed E-state index contributed by atoms with van der Waals surface area (Å²) in [6, 6.07) is 0. The molecule has 1 amide bonds. The average molecular weight is 268 g/mol. The molecular formula is C16H32N2O. The van der Waals surface area contributed by atoms with Gasteiger partial charge in [-0.2, -0.15) is 0 Å². The Labute approximate surface area is 118 Å². The lowest BCUT2D eigenvalue weighted by molar-refractivity contribution is -0.142. The topological polar surface area (TPSA) is 46.3 Å². The quantitative estimate of drug-likeness (QED) is 0.833. The first-order valence-corrected chi connectivity index (χ1v) is 8.00. The maximum atomic E-state index is 12.8. The van der Waals surface area contributed by atoms with Gasteiger partial charge >= 0.3 is 0 Å². The molecule has 1 heterocycles. The standard InChI is InChI=1S/C16H32N2O/c1-5-16(6-2,12-17)15(19)18-10-7-8-14(9-11-18)13(3)4/h13-14H,5-12,17H2,1-4H3. The highest BCUT2D eigenvalue weighted by Gasteiger charge is 2.37. The predicted molar refractivity (Wildman–Crippen MR) is 80.8 cm³/mol. The fourth-order valence-electron chi connectivity index (χ4n) is 3.26. The van der Waals surface area contributed by atoms with Gasteiger partial charge in [0.25, 0.3) is 0 Å². The van der Waals surface area contributed by atoms with Crippen LogP contribution in [0.4, 0.5) is 0 Å². The van der Waals surface area contributed by atoms with Crippen LogP contribution in [0, 0.1) is 17.3 Å². The molecule has 0 aliphatic carbocycles. The van der Waals surface area contributed by atoms with Crippen LogP contribution in [-0.2, 0) is 4.79 Å². The van der Waals surface area contributed by atoms with Crippen LogP contribution in [0.2, 0.25) is 0 Å². The van der Waals surface area contributed by atoms with E-state index in [9.17, 15) is 4.79 Å². The van der Waals surface area contributed by atoms with Gasteiger partial charge in [0.05, 0.1) is 5.41 Å². The van der Waals surface area contributed by atoms with Gasteiger partial charge < -0.3 is 10.6 Å². The van der Waals surface area contributed by atoms with Crippen molar-refractivity contribution in [3.63, 3.8) is 0 Å². The Morgan fingerprint density at radius 3 is 2.37 bits per heavy atom. The summed E-state index contributed by atoms with van der Waals surface area (Å²) in [5.74, 6) is 1.80. The molecule has 0 bridgehead atoms. The van der Waals surface area contributed by atoms with E-state index in [0.717, 1.165) is 50.6 Å². The molecule has 0 aromatic carbocycles. The monoisotopic (exact) mass is 268 g/mol. The minimum Gasteiger partial charge on any atom is -0.342 e. The molecule has 1 unspecified atom stereocenters. The summed E-state index contributed by atoms with van der Waals surface area (Å²) in [5.41, 5.74) is 5.58. The third-order valence-electron chi connectivity index (χ3n) is 5.20. The van der Waals surface area contributed by atoms with Gasteiger partial charge in [-0.05, 0) is 43.9 Å². The molecule has 3 nitrogen and oxygen atoms in total. The van der Waals surface area contributed by atoms with Crippen molar-refractivity contribution in [2.75, 3.05) is 19.6 Å². The van der Waals surface area contributed by atoms with E-state index in [-0.39, 0.29) is 5.41 Å². The van der Waals surface area contributed by atoms with Crippen LogP contribution in [-0.4, -0.2) is 30.4 Å². The molecule has 1 aliphatic rings. The Morgan fingerprint density at radius 1 is 1.26 bits per heavy atom. The zero-order valence-electron chi connectivity index (χ0n) is 13.2. The normalized spacial score (nSPS) is 21.6. The van der Waals surface area contributed by atoms with Crippen LogP contribution in [0.5, 0.6) is 0 Å². The first-order valence-electron chi connectivity index (χ1n) is 8.00. The summed E-state index contributed by atoms with van der Waals surface area (Å²) in [6.07, 6.45) is 5.25. The zero-order valence-corrected chi connectivity index (χ0v) is 13.2. The number of nitrogens with zero attached hydrogens (tertiary/aromatic N) is 1. The molecule has 0 radical (unpaired) electrons. The molecule has 0 aromatic rings. The Bertz CT molecular complexity index is 276. The highest BCUT2D eigenvalue weighted by molar-refractivity contribution is 5.83. The molecule has 1 fully saturated rings. The van der Waals surface area contributed by atoms with Crippen molar-refractivity contribution < 1.29 is 4.79 Å². The maximum absolute atomic E-state index is 12.8. The molecular weight excluding hydrogens is 236 g/mol. The van der Waals surface area contributed by atoms with Crippen LogP contribution in [0.15, 0.2) is 0 Å². The van der Waals surface area contributed by atoms with E-state index in [1.54, 1.807) is 0 Å². The lowest BCUT2D eigenvalue weighted by Gasteiger charge is -2.35. The van der Waals surface area contributed by atoms with Gasteiger partial charge in [-0.25, -0.2) is 0 Å².